The summed E-state index contributed by atoms with van der Waals surface area (Å²) in [7, 11) is 0. The van der Waals surface area contributed by atoms with Gasteiger partial charge in [0.2, 0.25) is 5.91 Å². The number of rotatable bonds is 11. The molecule has 226 valence electrons. The van der Waals surface area contributed by atoms with Crippen LogP contribution in [0.5, 0.6) is 5.75 Å². The normalized spacial score (nSPS) is 11.1. The van der Waals surface area contributed by atoms with Crippen molar-refractivity contribution in [1.82, 2.24) is 5.32 Å². The van der Waals surface area contributed by atoms with E-state index in [0.717, 1.165) is 11.8 Å². The summed E-state index contributed by atoms with van der Waals surface area (Å²) in [5.74, 6) is -8.35. The molecule has 4 aromatic rings. The Hall–Kier alpha value is -5.10. The van der Waals surface area contributed by atoms with Crippen LogP contribution in [0.3, 0.4) is 0 Å². The van der Waals surface area contributed by atoms with Crippen LogP contribution < -0.4 is 20.7 Å². The molecule has 0 saturated heterocycles. The first-order chi connectivity index (χ1) is 21.1. The van der Waals surface area contributed by atoms with Crippen molar-refractivity contribution in [2.75, 3.05) is 23.0 Å². The van der Waals surface area contributed by atoms with Crippen LogP contribution >= 0.6 is 11.8 Å². The number of carbonyl (C=O) groups excluding carboxylic acids is 3. The molecular formula is C32H25F4N3O4S. The van der Waals surface area contributed by atoms with E-state index in [1.54, 1.807) is 78.9 Å². The van der Waals surface area contributed by atoms with Gasteiger partial charge in [0.25, 0.3) is 11.8 Å². The average Bonchev–Trinajstić information content (AvgIpc) is 3.03. The monoisotopic (exact) mass is 623 g/mol. The maximum Gasteiger partial charge on any atom is 0.272 e. The quantitative estimate of drug-likeness (QED) is 0.0741. The van der Waals surface area contributed by atoms with Crippen LogP contribution in [-0.4, -0.2) is 30.1 Å². The topological polar surface area (TPSA) is 96.5 Å². The highest BCUT2D eigenvalue weighted by atomic mass is 32.2. The summed E-state index contributed by atoms with van der Waals surface area (Å²) in [6.45, 7) is 2.36. The second-order valence-corrected chi connectivity index (χ2v) is 10.1. The largest absolute Gasteiger partial charge is 0.494 e. The third kappa shape index (κ3) is 8.48. The Morgan fingerprint density at radius 3 is 2.07 bits per heavy atom. The number of anilines is 2. The maximum absolute atomic E-state index is 13.8. The molecule has 3 amide bonds. The summed E-state index contributed by atoms with van der Waals surface area (Å²) in [6.07, 6.45) is 1.52. The maximum atomic E-state index is 13.8. The lowest BCUT2D eigenvalue weighted by atomic mass is 10.1. The van der Waals surface area contributed by atoms with Gasteiger partial charge in [0.1, 0.15) is 17.1 Å². The Kier molecular flexibility index (Phi) is 10.8. The van der Waals surface area contributed by atoms with E-state index in [1.807, 2.05) is 12.2 Å². The fourth-order valence-electron chi connectivity index (χ4n) is 3.78. The van der Waals surface area contributed by atoms with Gasteiger partial charge in [-0.1, -0.05) is 30.3 Å². The summed E-state index contributed by atoms with van der Waals surface area (Å²) in [4.78, 5) is 38.8. The molecule has 7 nitrogen and oxygen atoms in total. The molecule has 0 aliphatic heterocycles. The van der Waals surface area contributed by atoms with Crippen LogP contribution in [0.1, 0.15) is 22.8 Å². The highest BCUT2D eigenvalue weighted by Gasteiger charge is 2.21. The smallest absolute Gasteiger partial charge is 0.272 e. The number of hydrogen-bond acceptors (Lipinski definition) is 5. The van der Waals surface area contributed by atoms with Crippen LogP contribution in [0, 0.1) is 23.3 Å². The van der Waals surface area contributed by atoms with Gasteiger partial charge in [-0.05, 0) is 67.1 Å². The van der Waals surface area contributed by atoms with Crippen LogP contribution in [0.4, 0.5) is 28.9 Å². The Labute approximate surface area is 254 Å². The van der Waals surface area contributed by atoms with Crippen molar-refractivity contribution in [3.63, 3.8) is 0 Å². The summed E-state index contributed by atoms with van der Waals surface area (Å²) in [6, 6.07) is 21.6. The zero-order valence-corrected chi connectivity index (χ0v) is 23.9. The van der Waals surface area contributed by atoms with Gasteiger partial charge in [-0.3, -0.25) is 14.4 Å². The molecule has 0 heterocycles. The summed E-state index contributed by atoms with van der Waals surface area (Å²) in [5, 5.41) is 7.20. The first-order valence-corrected chi connectivity index (χ1v) is 14.1. The number of halogens is 4. The Balaban J connectivity index is 1.42. The van der Waals surface area contributed by atoms with Gasteiger partial charge in [0.15, 0.2) is 23.3 Å². The number of thioether (sulfide) groups is 1. The van der Waals surface area contributed by atoms with Gasteiger partial charge >= 0.3 is 0 Å². The number of amides is 3. The molecule has 0 aliphatic carbocycles. The predicted molar refractivity (Wildman–Crippen MR) is 160 cm³/mol. The second kappa shape index (κ2) is 14.9. The minimum atomic E-state index is -1.71. The number of hydrogen-bond donors (Lipinski definition) is 3. The summed E-state index contributed by atoms with van der Waals surface area (Å²) in [5.41, 5.74) is 0.134. The van der Waals surface area contributed by atoms with E-state index in [2.05, 4.69) is 10.6 Å². The Bertz CT molecular complexity index is 1660. The number of ether oxygens (including phenoxy) is 1. The predicted octanol–water partition coefficient (Wildman–Crippen LogP) is 6.78. The summed E-state index contributed by atoms with van der Waals surface area (Å²) >= 11 is 0.978. The van der Waals surface area contributed by atoms with Crippen molar-refractivity contribution < 1.29 is 36.7 Å². The minimum absolute atomic E-state index is 0.0219. The SMILES string of the molecule is CCOc1ccc(/C=C(\NC(=O)c2ccccc2)C(=O)Nc2ccc(SCC(=O)Nc3c(F)c(F)cc(F)c3F)cc2)cc1. The molecule has 12 heteroatoms. The van der Waals surface area contributed by atoms with E-state index in [-0.39, 0.29) is 17.5 Å². The second-order valence-electron chi connectivity index (χ2n) is 9.04. The molecule has 0 fully saturated rings. The van der Waals surface area contributed by atoms with Crippen molar-refractivity contribution in [1.29, 1.82) is 0 Å². The molecule has 0 saturated carbocycles. The van der Waals surface area contributed by atoms with Gasteiger partial charge in [-0.15, -0.1) is 11.8 Å². The molecule has 0 atom stereocenters. The van der Waals surface area contributed by atoms with E-state index in [9.17, 15) is 31.9 Å². The zero-order chi connectivity index (χ0) is 31.6. The van der Waals surface area contributed by atoms with Crippen LogP contribution in [0.2, 0.25) is 0 Å². The molecule has 4 rings (SSSR count). The molecule has 0 aliphatic rings. The fourth-order valence-corrected chi connectivity index (χ4v) is 4.47. The first kappa shape index (κ1) is 31.8. The molecule has 0 radical (unpaired) electrons. The zero-order valence-electron chi connectivity index (χ0n) is 23.1. The van der Waals surface area contributed by atoms with Gasteiger partial charge in [-0.25, -0.2) is 17.6 Å². The van der Waals surface area contributed by atoms with Crippen LogP contribution in [0.15, 0.2) is 95.5 Å². The van der Waals surface area contributed by atoms with Gasteiger partial charge in [0, 0.05) is 22.2 Å². The number of carbonyl (C=O) groups is 3. The van der Waals surface area contributed by atoms with E-state index >= 15 is 0 Å². The summed E-state index contributed by atoms with van der Waals surface area (Å²) < 4.78 is 59.9. The van der Waals surface area contributed by atoms with Gasteiger partial charge in [0.05, 0.1) is 12.4 Å². The molecule has 0 bridgehead atoms. The lowest BCUT2D eigenvalue weighted by molar-refractivity contribution is -0.114. The van der Waals surface area contributed by atoms with E-state index < -0.39 is 46.7 Å². The van der Waals surface area contributed by atoms with Gasteiger partial charge in [-0.2, -0.15) is 0 Å². The molecule has 44 heavy (non-hydrogen) atoms. The average molecular weight is 624 g/mol. The highest BCUT2D eigenvalue weighted by Crippen LogP contribution is 2.26. The lowest BCUT2D eigenvalue weighted by Gasteiger charge is -2.12. The molecule has 3 N–H and O–H groups in total. The highest BCUT2D eigenvalue weighted by molar-refractivity contribution is 8.00. The third-order valence-electron chi connectivity index (χ3n) is 5.89. The molecule has 0 unspecified atom stereocenters. The molecule has 0 spiro atoms. The number of benzene rings is 4. The first-order valence-electron chi connectivity index (χ1n) is 13.1. The Morgan fingerprint density at radius 2 is 1.45 bits per heavy atom. The lowest BCUT2D eigenvalue weighted by Crippen LogP contribution is -2.30. The molecule has 4 aromatic carbocycles. The van der Waals surface area contributed by atoms with Crippen LogP contribution in [-0.2, 0) is 9.59 Å². The van der Waals surface area contributed by atoms with E-state index in [4.69, 9.17) is 4.74 Å². The standard InChI is InChI=1S/C32H25F4N3O4S/c1-2-43-22-12-8-19(9-13-22)16-26(38-31(41)20-6-4-3-5-7-20)32(42)37-21-10-14-23(15-11-21)44-18-27(40)39-30-28(35)24(33)17-25(34)29(30)36/h3-17H,2,18H2,1H3,(H,37,42)(H,38,41)(H,39,40)/b26-16-. The van der Waals surface area contributed by atoms with E-state index in [1.165, 1.54) is 6.08 Å². The van der Waals surface area contributed by atoms with Crippen molar-refractivity contribution in [2.24, 2.45) is 0 Å². The molecule has 0 aromatic heterocycles. The van der Waals surface area contributed by atoms with Crippen molar-refractivity contribution in [2.45, 2.75) is 11.8 Å². The van der Waals surface area contributed by atoms with Crippen LogP contribution in [0.25, 0.3) is 6.08 Å². The Morgan fingerprint density at radius 1 is 0.818 bits per heavy atom. The minimum Gasteiger partial charge on any atom is -0.494 e. The number of nitrogens with one attached hydrogen (secondary N) is 3. The van der Waals surface area contributed by atoms with Crippen molar-refractivity contribution in [3.8, 4) is 5.75 Å². The van der Waals surface area contributed by atoms with Gasteiger partial charge < -0.3 is 20.7 Å². The van der Waals surface area contributed by atoms with Crippen molar-refractivity contribution in [3.05, 3.63) is 125 Å². The molecular weight excluding hydrogens is 598 g/mol. The van der Waals surface area contributed by atoms with E-state index in [0.29, 0.717) is 34.1 Å². The fraction of sp³-hybridized carbons (Fsp3) is 0.0938. The third-order valence-corrected chi connectivity index (χ3v) is 6.90. The van der Waals surface area contributed by atoms with Crippen molar-refractivity contribution >= 4 is 46.9 Å².